The number of carbonyl (C=O) groups is 1. The van der Waals surface area contributed by atoms with Gasteiger partial charge in [0.15, 0.2) is 0 Å². The Morgan fingerprint density at radius 2 is 2.00 bits per heavy atom. The van der Waals surface area contributed by atoms with Gasteiger partial charge in [-0.15, -0.1) is 0 Å². The largest absolute Gasteiger partial charge is 0.490 e. The molecule has 2 N–H and O–H groups in total. The first-order valence-electron chi connectivity index (χ1n) is 5.99. The first kappa shape index (κ1) is 16.5. The van der Waals surface area contributed by atoms with Crippen molar-refractivity contribution in [1.29, 1.82) is 0 Å². The summed E-state index contributed by atoms with van der Waals surface area (Å²) in [6.07, 6.45) is -5.08. The van der Waals surface area contributed by atoms with Crippen molar-refractivity contribution >= 4 is 5.97 Å². The average Bonchev–Trinajstić information content (AvgIpc) is 2.40. The predicted octanol–water partition coefficient (Wildman–Crippen LogP) is 2.29. The van der Waals surface area contributed by atoms with Crippen molar-refractivity contribution in [1.82, 2.24) is 5.32 Å². The molecule has 20 heavy (non-hydrogen) atoms. The van der Waals surface area contributed by atoms with Gasteiger partial charge in [-0.1, -0.05) is 24.3 Å². The number of ether oxygens (including phenoxy) is 1. The van der Waals surface area contributed by atoms with E-state index in [9.17, 15) is 13.2 Å². The lowest BCUT2D eigenvalue weighted by molar-refractivity contribution is -0.192. The highest BCUT2D eigenvalue weighted by atomic mass is 19.4. The summed E-state index contributed by atoms with van der Waals surface area (Å²) in [5, 5.41) is 10.6. The second kappa shape index (κ2) is 7.25. The Morgan fingerprint density at radius 3 is 2.45 bits per heavy atom. The number of alkyl halides is 3. The van der Waals surface area contributed by atoms with Crippen molar-refractivity contribution in [3.8, 4) is 0 Å². The minimum atomic E-state index is -5.08. The molecular weight excluding hydrogens is 275 g/mol. The molecule has 1 aliphatic heterocycles. The Kier molecular flexibility index (Phi) is 5.97. The lowest BCUT2D eigenvalue weighted by Crippen LogP contribution is -2.34. The maximum atomic E-state index is 10.6. The first-order valence-corrected chi connectivity index (χ1v) is 5.99. The molecule has 0 bridgehead atoms. The molecule has 1 aromatic rings. The Hall–Kier alpha value is -1.60. The van der Waals surface area contributed by atoms with Gasteiger partial charge in [-0.05, 0) is 18.1 Å². The smallest absolute Gasteiger partial charge is 0.475 e. The van der Waals surface area contributed by atoms with Crippen LogP contribution in [0.15, 0.2) is 24.3 Å². The van der Waals surface area contributed by atoms with Crippen molar-refractivity contribution in [2.45, 2.75) is 19.1 Å². The summed E-state index contributed by atoms with van der Waals surface area (Å²) in [7, 11) is 0. The number of carboxylic acid groups (broad SMARTS) is 1. The van der Waals surface area contributed by atoms with Crippen LogP contribution in [0.1, 0.15) is 17.2 Å². The van der Waals surface area contributed by atoms with Gasteiger partial charge in [0.25, 0.3) is 0 Å². The SMILES string of the molecule is Cc1ccccc1C1COCCN1.O=C(O)C(F)(F)F. The molecule has 1 fully saturated rings. The number of hydrogen-bond donors (Lipinski definition) is 2. The van der Waals surface area contributed by atoms with Crippen molar-refractivity contribution in [3.63, 3.8) is 0 Å². The Labute approximate surface area is 114 Å². The van der Waals surface area contributed by atoms with Crippen LogP contribution in [0.4, 0.5) is 13.2 Å². The van der Waals surface area contributed by atoms with Crippen LogP contribution in [0.5, 0.6) is 0 Å². The number of aryl methyl sites for hydroxylation is 1. The number of benzene rings is 1. The molecule has 1 saturated heterocycles. The number of rotatable bonds is 1. The molecule has 0 aromatic heterocycles. The molecule has 1 atom stereocenters. The third-order valence-corrected chi connectivity index (χ3v) is 2.73. The van der Waals surface area contributed by atoms with E-state index in [0.29, 0.717) is 6.04 Å². The summed E-state index contributed by atoms with van der Waals surface area (Å²) in [6.45, 7) is 4.73. The molecule has 0 radical (unpaired) electrons. The van der Waals surface area contributed by atoms with Crippen LogP contribution < -0.4 is 5.32 Å². The Balaban J connectivity index is 0.000000246. The summed E-state index contributed by atoms with van der Waals surface area (Å²) in [6, 6.07) is 8.85. The minimum absolute atomic E-state index is 0.384. The number of aliphatic carboxylic acids is 1. The quantitative estimate of drug-likeness (QED) is 0.833. The van der Waals surface area contributed by atoms with Crippen LogP contribution in [0, 0.1) is 6.92 Å². The molecule has 0 aliphatic carbocycles. The second-order valence-corrected chi connectivity index (χ2v) is 4.24. The van der Waals surface area contributed by atoms with Crippen molar-refractivity contribution in [3.05, 3.63) is 35.4 Å². The van der Waals surface area contributed by atoms with Gasteiger partial charge in [-0.2, -0.15) is 13.2 Å². The lowest BCUT2D eigenvalue weighted by Gasteiger charge is -2.25. The zero-order valence-corrected chi connectivity index (χ0v) is 10.9. The molecule has 112 valence electrons. The van der Waals surface area contributed by atoms with Crippen molar-refractivity contribution in [2.75, 3.05) is 19.8 Å². The van der Waals surface area contributed by atoms with Crippen LogP contribution in [0.3, 0.4) is 0 Å². The Bertz CT molecular complexity index is 443. The maximum absolute atomic E-state index is 10.6. The predicted molar refractivity (Wildman–Crippen MR) is 66.4 cm³/mol. The molecule has 2 rings (SSSR count). The van der Waals surface area contributed by atoms with Gasteiger partial charge >= 0.3 is 12.1 Å². The number of nitrogens with one attached hydrogen (secondary N) is 1. The van der Waals surface area contributed by atoms with E-state index in [-0.39, 0.29) is 0 Å². The van der Waals surface area contributed by atoms with Crippen LogP contribution in [-0.4, -0.2) is 37.0 Å². The van der Waals surface area contributed by atoms with Gasteiger partial charge in [0.1, 0.15) is 0 Å². The fourth-order valence-corrected chi connectivity index (χ4v) is 1.74. The van der Waals surface area contributed by atoms with Crippen LogP contribution in [-0.2, 0) is 9.53 Å². The molecule has 1 aliphatic rings. The monoisotopic (exact) mass is 291 g/mol. The lowest BCUT2D eigenvalue weighted by atomic mass is 10.0. The van der Waals surface area contributed by atoms with E-state index < -0.39 is 12.1 Å². The van der Waals surface area contributed by atoms with Gasteiger partial charge in [0, 0.05) is 6.54 Å². The molecule has 0 amide bonds. The van der Waals surface area contributed by atoms with E-state index in [0.717, 1.165) is 19.8 Å². The molecule has 0 spiro atoms. The second-order valence-electron chi connectivity index (χ2n) is 4.24. The van der Waals surface area contributed by atoms with E-state index in [1.54, 1.807) is 0 Å². The zero-order valence-electron chi connectivity index (χ0n) is 10.9. The van der Waals surface area contributed by atoms with Gasteiger partial charge in [0.05, 0.1) is 19.3 Å². The molecular formula is C13H16F3NO3. The standard InChI is InChI=1S/C11H15NO.C2HF3O2/c1-9-4-2-3-5-10(9)11-8-13-7-6-12-11;3-2(4,5)1(6)7/h2-5,11-12H,6-8H2,1H3;(H,6,7). The maximum Gasteiger partial charge on any atom is 0.490 e. The third-order valence-electron chi connectivity index (χ3n) is 2.73. The number of morpholine rings is 1. The molecule has 1 heterocycles. The van der Waals surface area contributed by atoms with Crippen LogP contribution in [0.25, 0.3) is 0 Å². The van der Waals surface area contributed by atoms with E-state index in [1.807, 2.05) is 0 Å². The molecule has 1 unspecified atom stereocenters. The number of hydrogen-bond acceptors (Lipinski definition) is 3. The highest BCUT2D eigenvalue weighted by Gasteiger charge is 2.38. The van der Waals surface area contributed by atoms with Crippen molar-refractivity contribution in [2.24, 2.45) is 0 Å². The molecule has 0 saturated carbocycles. The summed E-state index contributed by atoms with van der Waals surface area (Å²) in [5.74, 6) is -2.76. The third kappa shape index (κ3) is 5.18. The Morgan fingerprint density at radius 1 is 1.40 bits per heavy atom. The van der Waals surface area contributed by atoms with Gasteiger partial charge in [-0.25, -0.2) is 4.79 Å². The summed E-state index contributed by atoms with van der Waals surface area (Å²) in [4.78, 5) is 8.90. The van der Waals surface area contributed by atoms with Crippen molar-refractivity contribution < 1.29 is 27.8 Å². The first-order chi connectivity index (χ1) is 9.32. The highest BCUT2D eigenvalue weighted by molar-refractivity contribution is 5.73. The molecule has 1 aromatic carbocycles. The fourth-order valence-electron chi connectivity index (χ4n) is 1.74. The topological polar surface area (TPSA) is 58.6 Å². The molecule has 4 nitrogen and oxygen atoms in total. The van der Waals surface area contributed by atoms with E-state index in [2.05, 4.69) is 36.5 Å². The summed E-state index contributed by atoms with van der Waals surface area (Å²) >= 11 is 0. The van der Waals surface area contributed by atoms with Gasteiger partial charge < -0.3 is 15.2 Å². The van der Waals surface area contributed by atoms with E-state index in [1.165, 1.54) is 11.1 Å². The summed E-state index contributed by atoms with van der Waals surface area (Å²) < 4.78 is 37.2. The normalized spacial score (nSPS) is 18.9. The zero-order chi connectivity index (χ0) is 15.2. The fraction of sp³-hybridized carbons (Fsp3) is 0.462. The van der Waals surface area contributed by atoms with Gasteiger partial charge in [-0.3, -0.25) is 0 Å². The molecule has 7 heteroatoms. The van der Waals surface area contributed by atoms with Gasteiger partial charge in [0.2, 0.25) is 0 Å². The van der Waals surface area contributed by atoms with Crippen LogP contribution >= 0.6 is 0 Å². The average molecular weight is 291 g/mol. The van der Waals surface area contributed by atoms with E-state index in [4.69, 9.17) is 14.6 Å². The minimum Gasteiger partial charge on any atom is -0.475 e. The highest BCUT2D eigenvalue weighted by Crippen LogP contribution is 2.18. The summed E-state index contributed by atoms with van der Waals surface area (Å²) in [5.41, 5.74) is 2.70. The van der Waals surface area contributed by atoms with Crippen LogP contribution in [0.2, 0.25) is 0 Å². The number of carboxylic acids is 1. The van der Waals surface area contributed by atoms with E-state index >= 15 is 0 Å². The number of halogens is 3.